The SMILES string of the molecule is COc1cc(Br)cc(F)c1[C@@H]1C[C@H]1N. The van der Waals surface area contributed by atoms with Gasteiger partial charge in [-0.3, -0.25) is 0 Å². The van der Waals surface area contributed by atoms with E-state index in [-0.39, 0.29) is 17.8 Å². The first kappa shape index (κ1) is 9.93. The average Bonchev–Trinajstić information content (AvgIpc) is 2.80. The summed E-state index contributed by atoms with van der Waals surface area (Å²) in [4.78, 5) is 0. The van der Waals surface area contributed by atoms with Crippen molar-refractivity contribution < 1.29 is 9.13 Å². The van der Waals surface area contributed by atoms with Crippen LogP contribution in [0.2, 0.25) is 0 Å². The topological polar surface area (TPSA) is 35.2 Å². The molecule has 0 aliphatic heterocycles. The second-order valence-corrected chi connectivity index (χ2v) is 4.43. The van der Waals surface area contributed by atoms with Crippen LogP contribution in [0, 0.1) is 5.82 Å². The maximum Gasteiger partial charge on any atom is 0.131 e. The highest BCUT2D eigenvalue weighted by Gasteiger charge is 2.39. The van der Waals surface area contributed by atoms with Gasteiger partial charge in [0.25, 0.3) is 0 Å². The molecular weight excluding hydrogens is 249 g/mol. The molecule has 1 aromatic rings. The molecule has 0 saturated heterocycles. The van der Waals surface area contributed by atoms with Crippen LogP contribution in [0.15, 0.2) is 16.6 Å². The molecule has 0 unspecified atom stereocenters. The van der Waals surface area contributed by atoms with E-state index in [1.165, 1.54) is 6.07 Å². The van der Waals surface area contributed by atoms with Gasteiger partial charge in [-0.05, 0) is 18.6 Å². The largest absolute Gasteiger partial charge is 0.496 e. The van der Waals surface area contributed by atoms with Crippen molar-refractivity contribution in [1.82, 2.24) is 0 Å². The molecule has 76 valence electrons. The summed E-state index contributed by atoms with van der Waals surface area (Å²) in [7, 11) is 1.54. The van der Waals surface area contributed by atoms with Crippen LogP contribution < -0.4 is 10.5 Å². The van der Waals surface area contributed by atoms with E-state index in [0.29, 0.717) is 15.8 Å². The van der Waals surface area contributed by atoms with Gasteiger partial charge < -0.3 is 10.5 Å². The number of ether oxygens (including phenoxy) is 1. The Balaban J connectivity index is 2.46. The Hall–Kier alpha value is -0.610. The van der Waals surface area contributed by atoms with E-state index in [1.807, 2.05) is 0 Å². The minimum absolute atomic E-state index is 0.0829. The number of hydrogen-bond donors (Lipinski definition) is 1. The van der Waals surface area contributed by atoms with Crippen molar-refractivity contribution in [3.05, 3.63) is 28.0 Å². The highest BCUT2D eigenvalue weighted by atomic mass is 79.9. The molecular formula is C10H11BrFNO. The van der Waals surface area contributed by atoms with E-state index in [4.69, 9.17) is 10.5 Å². The minimum atomic E-state index is -0.242. The van der Waals surface area contributed by atoms with E-state index in [0.717, 1.165) is 6.42 Å². The number of nitrogens with two attached hydrogens (primary N) is 1. The van der Waals surface area contributed by atoms with Crippen molar-refractivity contribution in [2.75, 3.05) is 7.11 Å². The zero-order chi connectivity index (χ0) is 10.3. The summed E-state index contributed by atoms with van der Waals surface area (Å²) in [6.07, 6.45) is 0.842. The molecule has 0 aromatic heterocycles. The smallest absolute Gasteiger partial charge is 0.131 e. The van der Waals surface area contributed by atoms with Crippen molar-refractivity contribution >= 4 is 15.9 Å². The highest BCUT2D eigenvalue weighted by molar-refractivity contribution is 9.10. The highest BCUT2D eigenvalue weighted by Crippen LogP contribution is 2.45. The van der Waals surface area contributed by atoms with Gasteiger partial charge in [-0.25, -0.2) is 4.39 Å². The molecule has 4 heteroatoms. The second kappa shape index (κ2) is 3.51. The lowest BCUT2D eigenvalue weighted by molar-refractivity contribution is 0.404. The van der Waals surface area contributed by atoms with Gasteiger partial charge in [0.15, 0.2) is 0 Å². The summed E-state index contributed by atoms with van der Waals surface area (Å²) < 4.78 is 19.4. The summed E-state index contributed by atoms with van der Waals surface area (Å²) in [6, 6.07) is 3.30. The Kier molecular flexibility index (Phi) is 2.49. The van der Waals surface area contributed by atoms with Crippen molar-refractivity contribution in [1.29, 1.82) is 0 Å². The van der Waals surface area contributed by atoms with Crippen LogP contribution >= 0.6 is 15.9 Å². The van der Waals surface area contributed by atoms with Crippen LogP contribution in [-0.2, 0) is 0 Å². The predicted molar refractivity (Wildman–Crippen MR) is 56.0 cm³/mol. The first-order valence-electron chi connectivity index (χ1n) is 4.42. The molecule has 0 spiro atoms. The molecule has 2 nitrogen and oxygen atoms in total. The fourth-order valence-electron chi connectivity index (χ4n) is 1.64. The first-order valence-corrected chi connectivity index (χ1v) is 5.21. The molecule has 2 N–H and O–H groups in total. The van der Waals surface area contributed by atoms with Gasteiger partial charge in [-0.2, -0.15) is 0 Å². The van der Waals surface area contributed by atoms with E-state index in [2.05, 4.69) is 15.9 Å². The third-order valence-corrected chi connectivity index (χ3v) is 2.94. The first-order chi connectivity index (χ1) is 6.63. The van der Waals surface area contributed by atoms with E-state index < -0.39 is 0 Å². The standard InChI is InChI=1S/C10H11BrFNO/c1-14-9-3-5(11)2-7(12)10(9)6-4-8(6)13/h2-3,6,8H,4,13H2,1H3/t6-,8-/m1/s1. The molecule has 1 saturated carbocycles. The molecule has 14 heavy (non-hydrogen) atoms. The summed E-state index contributed by atoms with van der Waals surface area (Å²) >= 11 is 3.22. The molecule has 0 radical (unpaired) electrons. The summed E-state index contributed by atoms with van der Waals surface area (Å²) in [6.45, 7) is 0. The van der Waals surface area contributed by atoms with Gasteiger partial charge in [-0.15, -0.1) is 0 Å². The summed E-state index contributed by atoms with van der Waals surface area (Å²) in [5, 5.41) is 0. The Morgan fingerprint density at radius 2 is 2.21 bits per heavy atom. The molecule has 0 heterocycles. The van der Waals surface area contributed by atoms with E-state index in [9.17, 15) is 4.39 Å². The van der Waals surface area contributed by atoms with E-state index in [1.54, 1.807) is 13.2 Å². The Bertz CT molecular complexity index is 369. The van der Waals surface area contributed by atoms with Crippen molar-refractivity contribution in [3.8, 4) is 5.75 Å². The van der Waals surface area contributed by atoms with Crippen molar-refractivity contribution in [2.45, 2.75) is 18.4 Å². The maximum atomic E-state index is 13.6. The number of hydrogen-bond acceptors (Lipinski definition) is 2. The molecule has 0 amide bonds. The van der Waals surface area contributed by atoms with Crippen LogP contribution in [-0.4, -0.2) is 13.2 Å². The van der Waals surface area contributed by atoms with Crippen molar-refractivity contribution in [2.24, 2.45) is 5.73 Å². The van der Waals surface area contributed by atoms with Crippen LogP contribution in [0.4, 0.5) is 4.39 Å². The predicted octanol–water partition coefficient (Wildman–Crippen LogP) is 2.41. The van der Waals surface area contributed by atoms with Gasteiger partial charge in [0.2, 0.25) is 0 Å². The van der Waals surface area contributed by atoms with Gasteiger partial charge >= 0.3 is 0 Å². The molecule has 1 aliphatic rings. The molecule has 2 rings (SSSR count). The minimum Gasteiger partial charge on any atom is -0.496 e. The maximum absolute atomic E-state index is 13.6. The third kappa shape index (κ3) is 1.64. The molecule has 1 aliphatic carbocycles. The third-order valence-electron chi connectivity index (χ3n) is 2.49. The zero-order valence-corrected chi connectivity index (χ0v) is 9.34. The second-order valence-electron chi connectivity index (χ2n) is 3.51. The number of rotatable bonds is 2. The van der Waals surface area contributed by atoms with Gasteiger partial charge in [0.1, 0.15) is 11.6 Å². The Morgan fingerprint density at radius 1 is 1.57 bits per heavy atom. The Morgan fingerprint density at radius 3 is 2.71 bits per heavy atom. The average molecular weight is 260 g/mol. The molecule has 0 bridgehead atoms. The van der Waals surface area contributed by atoms with E-state index >= 15 is 0 Å². The normalized spacial score (nSPS) is 24.9. The van der Waals surface area contributed by atoms with Gasteiger partial charge in [0, 0.05) is 22.0 Å². The fraction of sp³-hybridized carbons (Fsp3) is 0.400. The lowest BCUT2D eigenvalue weighted by atomic mass is 10.1. The van der Waals surface area contributed by atoms with Gasteiger partial charge in [-0.1, -0.05) is 15.9 Å². The number of methoxy groups -OCH3 is 1. The van der Waals surface area contributed by atoms with Crippen molar-refractivity contribution in [3.63, 3.8) is 0 Å². The zero-order valence-electron chi connectivity index (χ0n) is 7.76. The quantitative estimate of drug-likeness (QED) is 0.886. The molecule has 2 atom stereocenters. The summed E-state index contributed by atoms with van der Waals surface area (Å²) in [5.41, 5.74) is 6.31. The lowest BCUT2D eigenvalue weighted by Gasteiger charge is -2.09. The number of halogens is 2. The monoisotopic (exact) mass is 259 g/mol. The number of benzene rings is 1. The summed E-state index contributed by atoms with van der Waals surface area (Å²) in [5.74, 6) is 0.460. The van der Waals surface area contributed by atoms with Crippen LogP contribution in [0.3, 0.4) is 0 Å². The Labute approximate surface area is 90.4 Å². The van der Waals surface area contributed by atoms with Crippen LogP contribution in [0.1, 0.15) is 17.9 Å². The molecule has 1 fully saturated rings. The van der Waals surface area contributed by atoms with Crippen LogP contribution in [0.25, 0.3) is 0 Å². The van der Waals surface area contributed by atoms with Crippen LogP contribution in [0.5, 0.6) is 5.75 Å². The molecule has 1 aromatic carbocycles. The fourth-order valence-corrected chi connectivity index (χ4v) is 2.05. The lowest BCUT2D eigenvalue weighted by Crippen LogP contribution is -2.04. The van der Waals surface area contributed by atoms with Gasteiger partial charge in [0.05, 0.1) is 7.11 Å².